The summed E-state index contributed by atoms with van der Waals surface area (Å²) in [5.41, 5.74) is 1.77. The van der Waals surface area contributed by atoms with E-state index in [1.165, 1.54) is 12.1 Å². The van der Waals surface area contributed by atoms with Crippen molar-refractivity contribution in [3.05, 3.63) is 53.6 Å². The van der Waals surface area contributed by atoms with Crippen molar-refractivity contribution in [1.82, 2.24) is 0 Å². The average molecular weight is 230 g/mol. The highest BCUT2D eigenvalue weighted by atomic mass is 16.5. The lowest BCUT2D eigenvalue weighted by Gasteiger charge is -2.08. The van der Waals surface area contributed by atoms with Gasteiger partial charge in [0.2, 0.25) is 0 Å². The van der Waals surface area contributed by atoms with Crippen molar-refractivity contribution in [2.24, 2.45) is 0 Å². The number of hydrogen-bond acceptors (Lipinski definition) is 3. The Morgan fingerprint density at radius 1 is 1.06 bits per heavy atom. The highest BCUT2D eigenvalue weighted by molar-refractivity contribution is 5.39. The van der Waals surface area contributed by atoms with E-state index >= 15 is 0 Å². The average Bonchev–Trinajstić information content (AvgIpc) is 2.28. The second-order valence-electron chi connectivity index (χ2n) is 3.92. The molecule has 0 saturated carbocycles. The minimum atomic E-state index is 0.0395. The molecule has 3 nitrogen and oxygen atoms in total. The molecule has 2 aromatic carbocycles. The summed E-state index contributed by atoms with van der Waals surface area (Å²) in [6, 6.07) is 12.2. The molecule has 0 radical (unpaired) electrons. The van der Waals surface area contributed by atoms with Crippen molar-refractivity contribution in [3.63, 3.8) is 0 Å². The van der Waals surface area contributed by atoms with E-state index in [0.717, 1.165) is 11.3 Å². The van der Waals surface area contributed by atoms with Crippen LogP contribution in [-0.2, 0) is 6.61 Å². The standard InChI is InChI=1S/C14H14O3/c1-10-3-2-4-13(7-10)17-9-11-5-6-12(15)8-14(11)16/h2-8,15-16H,9H2,1H3. The Morgan fingerprint density at radius 3 is 2.59 bits per heavy atom. The zero-order chi connectivity index (χ0) is 12.3. The van der Waals surface area contributed by atoms with Gasteiger partial charge in [0.1, 0.15) is 23.9 Å². The molecule has 0 aliphatic heterocycles. The van der Waals surface area contributed by atoms with Gasteiger partial charge in [-0.1, -0.05) is 12.1 Å². The first kappa shape index (κ1) is 11.3. The second-order valence-corrected chi connectivity index (χ2v) is 3.92. The summed E-state index contributed by atoms with van der Waals surface area (Å²) >= 11 is 0. The summed E-state index contributed by atoms with van der Waals surface area (Å²) in [6.45, 7) is 2.26. The lowest BCUT2D eigenvalue weighted by Crippen LogP contribution is -1.95. The lowest BCUT2D eigenvalue weighted by atomic mass is 10.2. The molecule has 0 saturated heterocycles. The number of benzene rings is 2. The van der Waals surface area contributed by atoms with Gasteiger partial charge in [-0.25, -0.2) is 0 Å². The van der Waals surface area contributed by atoms with Crippen LogP contribution in [0.15, 0.2) is 42.5 Å². The van der Waals surface area contributed by atoms with Crippen molar-refractivity contribution >= 4 is 0 Å². The topological polar surface area (TPSA) is 49.7 Å². The molecule has 0 aliphatic carbocycles. The fourth-order valence-corrected chi connectivity index (χ4v) is 1.54. The third kappa shape index (κ3) is 2.91. The predicted octanol–water partition coefficient (Wildman–Crippen LogP) is 2.99. The van der Waals surface area contributed by atoms with Gasteiger partial charge in [0.25, 0.3) is 0 Å². The molecule has 3 heteroatoms. The highest BCUT2D eigenvalue weighted by Crippen LogP contribution is 2.24. The van der Waals surface area contributed by atoms with E-state index < -0.39 is 0 Å². The van der Waals surface area contributed by atoms with Gasteiger partial charge in [0, 0.05) is 11.6 Å². The second kappa shape index (κ2) is 4.78. The molecule has 0 fully saturated rings. The minimum absolute atomic E-state index is 0.0395. The molecular formula is C14H14O3. The lowest BCUT2D eigenvalue weighted by molar-refractivity contribution is 0.298. The van der Waals surface area contributed by atoms with E-state index in [-0.39, 0.29) is 18.1 Å². The molecule has 0 aromatic heterocycles. The number of phenolic OH excluding ortho intramolecular Hbond substituents is 2. The molecule has 0 heterocycles. The van der Waals surface area contributed by atoms with E-state index in [0.29, 0.717) is 5.56 Å². The first-order valence-electron chi connectivity index (χ1n) is 5.35. The molecule has 2 N–H and O–H groups in total. The van der Waals surface area contributed by atoms with Crippen LogP contribution in [-0.4, -0.2) is 10.2 Å². The number of rotatable bonds is 3. The van der Waals surface area contributed by atoms with Crippen LogP contribution in [0.25, 0.3) is 0 Å². The SMILES string of the molecule is Cc1cccc(OCc2ccc(O)cc2O)c1. The predicted molar refractivity (Wildman–Crippen MR) is 65.3 cm³/mol. The monoisotopic (exact) mass is 230 g/mol. The fraction of sp³-hybridized carbons (Fsp3) is 0.143. The fourth-order valence-electron chi connectivity index (χ4n) is 1.54. The Labute approximate surface area is 99.9 Å². The maximum Gasteiger partial charge on any atom is 0.125 e. The summed E-state index contributed by atoms with van der Waals surface area (Å²) in [5, 5.41) is 18.7. The normalized spacial score (nSPS) is 10.2. The number of phenols is 2. The van der Waals surface area contributed by atoms with Gasteiger partial charge in [0.15, 0.2) is 0 Å². The molecule has 2 aromatic rings. The maximum atomic E-state index is 9.58. The van der Waals surface area contributed by atoms with Gasteiger partial charge in [-0.05, 0) is 36.8 Å². The first-order valence-corrected chi connectivity index (χ1v) is 5.35. The van der Waals surface area contributed by atoms with Crippen molar-refractivity contribution in [3.8, 4) is 17.2 Å². The molecule has 0 unspecified atom stereocenters. The molecule has 0 spiro atoms. The smallest absolute Gasteiger partial charge is 0.125 e. The molecule has 2 rings (SSSR count). The molecular weight excluding hydrogens is 216 g/mol. The summed E-state index contributed by atoms with van der Waals surface area (Å²) in [5.74, 6) is 0.844. The van der Waals surface area contributed by atoms with E-state index in [1.54, 1.807) is 6.07 Å². The van der Waals surface area contributed by atoms with Gasteiger partial charge in [-0.2, -0.15) is 0 Å². The largest absolute Gasteiger partial charge is 0.508 e. The zero-order valence-electron chi connectivity index (χ0n) is 9.55. The van der Waals surface area contributed by atoms with E-state index in [4.69, 9.17) is 9.84 Å². The third-order valence-corrected chi connectivity index (χ3v) is 2.45. The van der Waals surface area contributed by atoms with Crippen LogP contribution in [0.4, 0.5) is 0 Å². The number of ether oxygens (including phenoxy) is 1. The van der Waals surface area contributed by atoms with Crippen LogP contribution >= 0.6 is 0 Å². The Bertz CT molecular complexity index is 521. The third-order valence-electron chi connectivity index (χ3n) is 2.45. The first-order chi connectivity index (χ1) is 8.15. The van der Waals surface area contributed by atoms with Crippen LogP contribution < -0.4 is 4.74 Å². The Morgan fingerprint density at radius 2 is 1.88 bits per heavy atom. The molecule has 0 amide bonds. The number of hydrogen-bond donors (Lipinski definition) is 2. The van der Waals surface area contributed by atoms with Gasteiger partial charge >= 0.3 is 0 Å². The molecule has 0 aliphatic rings. The van der Waals surface area contributed by atoms with Crippen molar-refractivity contribution in [1.29, 1.82) is 0 Å². The number of aromatic hydroxyl groups is 2. The van der Waals surface area contributed by atoms with Crippen molar-refractivity contribution in [2.75, 3.05) is 0 Å². The van der Waals surface area contributed by atoms with Gasteiger partial charge < -0.3 is 14.9 Å². The molecule has 0 bridgehead atoms. The molecule has 0 atom stereocenters. The summed E-state index contributed by atoms with van der Waals surface area (Å²) in [7, 11) is 0. The highest BCUT2D eigenvalue weighted by Gasteiger charge is 2.03. The summed E-state index contributed by atoms with van der Waals surface area (Å²) in [6.07, 6.45) is 0. The van der Waals surface area contributed by atoms with E-state index in [9.17, 15) is 5.11 Å². The van der Waals surface area contributed by atoms with Crippen molar-refractivity contribution in [2.45, 2.75) is 13.5 Å². The quantitative estimate of drug-likeness (QED) is 0.852. The van der Waals surface area contributed by atoms with Gasteiger partial charge in [0.05, 0.1) is 0 Å². The van der Waals surface area contributed by atoms with Gasteiger partial charge in [-0.15, -0.1) is 0 Å². The van der Waals surface area contributed by atoms with Crippen LogP contribution in [0.1, 0.15) is 11.1 Å². The summed E-state index contributed by atoms with van der Waals surface area (Å²) < 4.78 is 5.55. The number of aryl methyl sites for hydroxylation is 1. The Balaban J connectivity index is 2.07. The molecule has 88 valence electrons. The maximum absolute atomic E-state index is 9.58. The molecule has 17 heavy (non-hydrogen) atoms. The van der Waals surface area contributed by atoms with Crippen LogP contribution in [0, 0.1) is 6.92 Å². The minimum Gasteiger partial charge on any atom is -0.508 e. The van der Waals surface area contributed by atoms with Crippen molar-refractivity contribution < 1.29 is 14.9 Å². The van der Waals surface area contributed by atoms with E-state index in [2.05, 4.69) is 0 Å². The van der Waals surface area contributed by atoms with Crippen LogP contribution in [0.5, 0.6) is 17.2 Å². The van der Waals surface area contributed by atoms with E-state index in [1.807, 2.05) is 31.2 Å². The van der Waals surface area contributed by atoms with Crippen LogP contribution in [0.3, 0.4) is 0 Å². The Kier molecular flexibility index (Phi) is 3.19. The van der Waals surface area contributed by atoms with Crippen LogP contribution in [0.2, 0.25) is 0 Å². The van der Waals surface area contributed by atoms with Gasteiger partial charge in [-0.3, -0.25) is 0 Å². The zero-order valence-corrected chi connectivity index (χ0v) is 9.55. The summed E-state index contributed by atoms with van der Waals surface area (Å²) in [4.78, 5) is 0. The Hall–Kier alpha value is -2.16.